The van der Waals surface area contributed by atoms with Gasteiger partial charge in [0.15, 0.2) is 0 Å². The van der Waals surface area contributed by atoms with E-state index in [-0.39, 0.29) is 17.9 Å². The molecule has 4 heteroatoms. The summed E-state index contributed by atoms with van der Waals surface area (Å²) in [4.78, 5) is 14.7. The Kier molecular flexibility index (Phi) is 6.19. The standard InChI is InChI=1S/C19H30N2O2/c1-15(2)21-11-9-19(10-12-21,20-18(23)13-16(3)22)14-17-7-5-4-6-8-17/h4-8,15-16,22H,9-14H2,1-3H3,(H,20,23). The van der Waals surface area contributed by atoms with Crippen LogP contribution >= 0.6 is 0 Å². The molecule has 0 spiro atoms. The fourth-order valence-electron chi connectivity index (χ4n) is 3.42. The van der Waals surface area contributed by atoms with E-state index in [2.05, 4.69) is 36.2 Å². The van der Waals surface area contributed by atoms with E-state index in [0.29, 0.717) is 6.04 Å². The van der Waals surface area contributed by atoms with E-state index in [1.807, 2.05) is 18.2 Å². The van der Waals surface area contributed by atoms with E-state index >= 15 is 0 Å². The van der Waals surface area contributed by atoms with Crippen molar-refractivity contribution in [2.24, 2.45) is 0 Å². The Balaban J connectivity index is 2.10. The number of hydrogen-bond donors (Lipinski definition) is 2. The maximum absolute atomic E-state index is 12.2. The van der Waals surface area contributed by atoms with E-state index in [4.69, 9.17) is 0 Å². The number of piperidine rings is 1. The number of carbonyl (C=O) groups excluding carboxylic acids is 1. The van der Waals surface area contributed by atoms with Gasteiger partial charge in [0.1, 0.15) is 0 Å². The summed E-state index contributed by atoms with van der Waals surface area (Å²) in [5, 5.41) is 12.7. The molecule has 1 aliphatic rings. The van der Waals surface area contributed by atoms with Gasteiger partial charge in [-0.25, -0.2) is 0 Å². The second-order valence-corrected chi connectivity index (χ2v) is 7.17. The number of nitrogens with one attached hydrogen (secondary N) is 1. The summed E-state index contributed by atoms with van der Waals surface area (Å²) >= 11 is 0. The number of aliphatic hydroxyl groups is 1. The molecule has 1 aliphatic heterocycles. The SMILES string of the molecule is CC(O)CC(=O)NC1(Cc2ccccc2)CCN(C(C)C)CC1. The highest BCUT2D eigenvalue weighted by Gasteiger charge is 2.36. The minimum absolute atomic E-state index is 0.0473. The van der Waals surface area contributed by atoms with Gasteiger partial charge in [-0.15, -0.1) is 0 Å². The topological polar surface area (TPSA) is 52.6 Å². The Morgan fingerprint density at radius 3 is 2.35 bits per heavy atom. The number of carbonyl (C=O) groups is 1. The first kappa shape index (κ1) is 18.0. The molecule has 0 aliphatic carbocycles. The van der Waals surface area contributed by atoms with Gasteiger partial charge in [0, 0.05) is 24.7 Å². The van der Waals surface area contributed by atoms with Gasteiger partial charge in [-0.05, 0) is 45.6 Å². The van der Waals surface area contributed by atoms with E-state index in [1.54, 1.807) is 6.92 Å². The largest absolute Gasteiger partial charge is 0.393 e. The van der Waals surface area contributed by atoms with Crippen molar-refractivity contribution in [3.63, 3.8) is 0 Å². The first-order valence-electron chi connectivity index (χ1n) is 8.67. The normalized spacial score (nSPS) is 19.5. The molecule has 0 saturated carbocycles. The average Bonchev–Trinajstić information content (AvgIpc) is 2.47. The molecular weight excluding hydrogens is 288 g/mol. The highest BCUT2D eigenvalue weighted by molar-refractivity contribution is 5.77. The van der Waals surface area contributed by atoms with Crippen molar-refractivity contribution in [3.05, 3.63) is 35.9 Å². The third-order valence-electron chi connectivity index (χ3n) is 4.76. The van der Waals surface area contributed by atoms with Gasteiger partial charge in [0.25, 0.3) is 0 Å². The van der Waals surface area contributed by atoms with Gasteiger partial charge < -0.3 is 15.3 Å². The number of likely N-dealkylation sites (tertiary alicyclic amines) is 1. The summed E-state index contributed by atoms with van der Waals surface area (Å²) in [5.41, 5.74) is 1.06. The zero-order valence-corrected chi connectivity index (χ0v) is 14.6. The lowest BCUT2D eigenvalue weighted by atomic mass is 9.81. The quantitative estimate of drug-likeness (QED) is 0.846. The Hall–Kier alpha value is -1.39. The van der Waals surface area contributed by atoms with Crippen LogP contribution in [0.2, 0.25) is 0 Å². The average molecular weight is 318 g/mol. The lowest BCUT2D eigenvalue weighted by Crippen LogP contribution is -2.57. The first-order chi connectivity index (χ1) is 10.9. The van der Waals surface area contributed by atoms with Gasteiger partial charge in [-0.1, -0.05) is 30.3 Å². The summed E-state index contributed by atoms with van der Waals surface area (Å²) in [7, 11) is 0. The van der Waals surface area contributed by atoms with Crippen LogP contribution in [0, 0.1) is 0 Å². The Labute approximate surface area is 139 Å². The lowest BCUT2D eigenvalue weighted by molar-refractivity contribution is -0.125. The Morgan fingerprint density at radius 2 is 1.83 bits per heavy atom. The van der Waals surface area contributed by atoms with Gasteiger partial charge in [0.05, 0.1) is 12.5 Å². The molecular formula is C19H30N2O2. The molecule has 0 aromatic heterocycles. The van der Waals surface area contributed by atoms with Crippen molar-refractivity contribution in [2.75, 3.05) is 13.1 Å². The summed E-state index contributed by atoms with van der Waals surface area (Å²) in [6.45, 7) is 8.09. The maximum Gasteiger partial charge on any atom is 0.223 e. The van der Waals surface area contributed by atoms with Crippen LogP contribution in [0.5, 0.6) is 0 Å². The molecule has 2 N–H and O–H groups in total. The molecule has 4 nitrogen and oxygen atoms in total. The van der Waals surface area contributed by atoms with Crippen LogP contribution < -0.4 is 5.32 Å². The smallest absolute Gasteiger partial charge is 0.223 e. The van der Waals surface area contributed by atoms with E-state index < -0.39 is 6.10 Å². The Morgan fingerprint density at radius 1 is 1.22 bits per heavy atom. The fraction of sp³-hybridized carbons (Fsp3) is 0.632. The van der Waals surface area contributed by atoms with Crippen LogP contribution in [-0.2, 0) is 11.2 Å². The zero-order valence-electron chi connectivity index (χ0n) is 14.6. The van der Waals surface area contributed by atoms with Crippen LogP contribution in [0.1, 0.15) is 45.6 Å². The van der Waals surface area contributed by atoms with Crippen molar-refractivity contribution in [1.29, 1.82) is 0 Å². The molecule has 1 unspecified atom stereocenters. The summed E-state index contributed by atoms with van der Waals surface area (Å²) in [5.74, 6) is -0.0473. The van der Waals surface area contributed by atoms with Crippen LogP contribution in [0.25, 0.3) is 0 Å². The molecule has 1 fully saturated rings. The van der Waals surface area contributed by atoms with Gasteiger partial charge in [0.2, 0.25) is 5.91 Å². The third-order valence-corrected chi connectivity index (χ3v) is 4.76. The third kappa shape index (κ3) is 5.33. The first-order valence-corrected chi connectivity index (χ1v) is 8.67. The summed E-state index contributed by atoms with van der Waals surface area (Å²) in [6.07, 6.45) is 2.33. The van der Waals surface area contributed by atoms with Crippen molar-refractivity contribution < 1.29 is 9.90 Å². The summed E-state index contributed by atoms with van der Waals surface area (Å²) < 4.78 is 0. The van der Waals surface area contributed by atoms with Crippen molar-refractivity contribution in [3.8, 4) is 0 Å². The molecule has 1 aromatic carbocycles. The van der Waals surface area contributed by atoms with Gasteiger partial charge in [-0.3, -0.25) is 4.79 Å². The molecule has 0 bridgehead atoms. The van der Waals surface area contributed by atoms with E-state index in [9.17, 15) is 9.90 Å². The highest BCUT2D eigenvalue weighted by atomic mass is 16.3. The second kappa shape index (κ2) is 7.93. The predicted molar refractivity (Wildman–Crippen MR) is 93.3 cm³/mol. The van der Waals surface area contributed by atoms with Crippen molar-refractivity contribution in [2.45, 2.75) is 64.1 Å². The summed E-state index contributed by atoms with van der Waals surface area (Å²) in [6, 6.07) is 10.9. The van der Waals surface area contributed by atoms with Crippen LogP contribution in [0.15, 0.2) is 30.3 Å². The molecule has 0 radical (unpaired) electrons. The molecule has 1 saturated heterocycles. The minimum atomic E-state index is -0.598. The molecule has 23 heavy (non-hydrogen) atoms. The van der Waals surface area contributed by atoms with E-state index in [1.165, 1.54) is 5.56 Å². The minimum Gasteiger partial charge on any atom is -0.393 e. The van der Waals surface area contributed by atoms with Crippen molar-refractivity contribution >= 4 is 5.91 Å². The highest BCUT2D eigenvalue weighted by Crippen LogP contribution is 2.28. The number of aliphatic hydroxyl groups excluding tert-OH is 1. The number of rotatable bonds is 6. The number of nitrogens with zero attached hydrogens (tertiary/aromatic N) is 1. The van der Waals surface area contributed by atoms with Gasteiger partial charge in [-0.2, -0.15) is 0 Å². The zero-order chi connectivity index (χ0) is 16.9. The van der Waals surface area contributed by atoms with Crippen LogP contribution in [-0.4, -0.2) is 46.7 Å². The fourth-order valence-corrected chi connectivity index (χ4v) is 3.42. The van der Waals surface area contributed by atoms with Gasteiger partial charge >= 0.3 is 0 Å². The number of hydrogen-bond acceptors (Lipinski definition) is 3. The molecule has 1 atom stereocenters. The monoisotopic (exact) mass is 318 g/mol. The molecule has 2 rings (SSSR count). The second-order valence-electron chi connectivity index (χ2n) is 7.17. The number of benzene rings is 1. The predicted octanol–water partition coefficient (Wildman–Crippen LogP) is 2.36. The molecule has 1 aromatic rings. The van der Waals surface area contributed by atoms with Crippen molar-refractivity contribution in [1.82, 2.24) is 10.2 Å². The van der Waals surface area contributed by atoms with Crippen LogP contribution in [0.4, 0.5) is 0 Å². The lowest BCUT2D eigenvalue weighted by Gasteiger charge is -2.44. The van der Waals surface area contributed by atoms with E-state index in [0.717, 1.165) is 32.4 Å². The molecule has 1 amide bonds. The molecule has 128 valence electrons. The molecule has 1 heterocycles. The maximum atomic E-state index is 12.2. The van der Waals surface area contributed by atoms with Crippen LogP contribution in [0.3, 0.4) is 0 Å². The Bertz CT molecular complexity index is 491. The number of amides is 1.